The zero-order valence-corrected chi connectivity index (χ0v) is 10.9. The molecule has 7 nitrogen and oxygen atoms in total. The molecule has 0 spiro atoms. The van der Waals surface area contributed by atoms with Crippen LogP contribution in [0, 0.1) is 10.1 Å². The molecule has 0 saturated heterocycles. The van der Waals surface area contributed by atoms with Gasteiger partial charge in [-0.25, -0.2) is 4.79 Å². The van der Waals surface area contributed by atoms with Crippen LogP contribution in [0.1, 0.15) is 40.0 Å². The molecule has 0 heterocycles. The predicted molar refractivity (Wildman–Crippen MR) is 63.8 cm³/mol. The van der Waals surface area contributed by atoms with Crippen molar-refractivity contribution in [3.63, 3.8) is 0 Å². The molecule has 0 radical (unpaired) electrons. The van der Waals surface area contributed by atoms with Crippen LogP contribution >= 0.6 is 0 Å². The van der Waals surface area contributed by atoms with Gasteiger partial charge in [0, 0.05) is 17.4 Å². The van der Waals surface area contributed by atoms with Crippen molar-refractivity contribution >= 4 is 6.09 Å². The zero-order valence-electron chi connectivity index (χ0n) is 10.9. The van der Waals surface area contributed by atoms with Crippen molar-refractivity contribution in [2.45, 2.75) is 57.3 Å². The summed E-state index contributed by atoms with van der Waals surface area (Å²) in [4.78, 5) is 21.4. The summed E-state index contributed by atoms with van der Waals surface area (Å²) in [6.45, 7) is 4.78. The molecule has 1 aliphatic carbocycles. The summed E-state index contributed by atoms with van der Waals surface area (Å²) < 4.78 is 5.08. The summed E-state index contributed by atoms with van der Waals surface area (Å²) in [7, 11) is 0. The maximum absolute atomic E-state index is 11.5. The number of nitrogens with zero attached hydrogens (tertiary/aromatic N) is 1. The van der Waals surface area contributed by atoms with Crippen LogP contribution in [0.4, 0.5) is 4.79 Å². The molecule has 104 valence electrons. The van der Waals surface area contributed by atoms with Crippen LogP contribution in [0.15, 0.2) is 0 Å². The van der Waals surface area contributed by atoms with Gasteiger partial charge in [0.2, 0.25) is 6.54 Å². The Morgan fingerprint density at radius 2 is 2.22 bits per heavy atom. The van der Waals surface area contributed by atoms with Gasteiger partial charge in [0.05, 0.1) is 0 Å². The second-order valence-corrected chi connectivity index (χ2v) is 5.80. The van der Waals surface area contributed by atoms with Crippen LogP contribution in [-0.2, 0) is 4.74 Å². The van der Waals surface area contributed by atoms with Crippen LogP contribution in [0.5, 0.6) is 0 Å². The largest absolute Gasteiger partial charge is 0.444 e. The lowest BCUT2D eigenvalue weighted by Gasteiger charge is -2.22. The number of alkyl carbamates (subject to hydrolysis) is 1. The van der Waals surface area contributed by atoms with Crippen LogP contribution in [0.3, 0.4) is 0 Å². The van der Waals surface area contributed by atoms with Crippen molar-refractivity contribution < 1.29 is 19.6 Å². The highest BCUT2D eigenvalue weighted by atomic mass is 16.6. The molecule has 1 saturated carbocycles. The fourth-order valence-electron chi connectivity index (χ4n) is 2.09. The molecule has 18 heavy (non-hydrogen) atoms. The molecule has 1 unspecified atom stereocenters. The van der Waals surface area contributed by atoms with Crippen molar-refractivity contribution in [2.75, 3.05) is 6.54 Å². The maximum Gasteiger partial charge on any atom is 0.407 e. The Kier molecular flexibility index (Phi) is 4.16. The molecule has 1 rings (SSSR count). The standard InChI is InChI=1S/C11H20N2O5/c1-10(2,3)18-9(14)12-8-4-5-11(15,6-8)7-13(16)17/h8,15H,4-7H2,1-3H3,(H,12,14)/t8-,11?/m1/s1. The molecule has 1 aliphatic rings. The van der Waals surface area contributed by atoms with E-state index in [1.165, 1.54) is 0 Å². The Morgan fingerprint density at radius 1 is 1.61 bits per heavy atom. The van der Waals surface area contributed by atoms with E-state index in [2.05, 4.69) is 5.32 Å². The number of nitro groups is 1. The summed E-state index contributed by atoms with van der Waals surface area (Å²) >= 11 is 0. The van der Waals surface area contributed by atoms with Gasteiger partial charge in [0.25, 0.3) is 0 Å². The summed E-state index contributed by atoms with van der Waals surface area (Å²) in [6.07, 6.45) is 0.462. The summed E-state index contributed by atoms with van der Waals surface area (Å²) in [6, 6.07) is -0.273. The van der Waals surface area contributed by atoms with E-state index >= 15 is 0 Å². The van der Waals surface area contributed by atoms with E-state index in [0.29, 0.717) is 12.8 Å². The lowest BCUT2D eigenvalue weighted by Crippen LogP contribution is -2.41. The van der Waals surface area contributed by atoms with E-state index in [0.717, 1.165) is 0 Å². The Bertz CT molecular complexity index is 339. The number of carbonyl (C=O) groups excluding carboxylic acids is 1. The number of amides is 1. The van der Waals surface area contributed by atoms with Gasteiger partial charge in [-0.2, -0.15) is 0 Å². The first-order valence-corrected chi connectivity index (χ1v) is 5.93. The topological polar surface area (TPSA) is 102 Å². The van der Waals surface area contributed by atoms with E-state index in [4.69, 9.17) is 4.74 Å². The molecule has 0 aromatic heterocycles. The normalized spacial score (nSPS) is 27.9. The first-order valence-electron chi connectivity index (χ1n) is 5.93. The number of aliphatic hydroxyl groups is 1. The summed E-state index contributed by atoms with van der Waals surface area (Å²) in [5.41, 5.74) is -1.90. The molecule has 7 heteroatoms. The fourth-order valence-corrected chi connectivity index (χ4v) is 2.09. The third-order valence-electron chi connectivity index (χ3n) is 2.73. The molecule has 0 bridgehead atoms. The first kappa shape index (κ1) is 14.7. The fraction of sp³-hybridized carbons (Fsp3) is 0.909. The van der Waals surface area contributed by atoms with E-state index in [1.807, 2.05) is 0 Å². The summed E-state index contributed by atoms with van der Waals surface area (Å²) in [5, 5.41) is 23.0. The second-order valence-electron chi connectivity index (χ2n) is 5.80. The summed E-state index contributed by atoms with van der Waals surface area (Å²) in [5.74, 6) is 0. The van der Waals surface area contributed by atoms with Crippen LogP contribution in [0.25, 0.3) is 0 Å². The Hall–Kier alpha value is -1.37. The molecular formula is C11H20N2O5. The van der Waals surface area contributed by atoms with Gasteiger partial charge < -0.3 is 15.2 Å². The van der Waals surface area contributed by atoms with Gasteiger partial charge in [-0.15, -0.1) is 0 Å². The SMILES string of the molecule is CC(C)(C)OC(=O)N[C@@H]1CCC(O)(C[N+](=O)[O-])C1. The first-order chi connectivity index (χ1) is 8.10. The smallest absolute Gasteiger partial charge is 0.407 e. The number of hydrogen-bond acceptors (Lipinski definition) is 5. The highest BCUT2D eigenvalue weighted by molar-refractivity contribution is 5.68. The molecule has 2 atom stereocenters. The third kappa shape index (κ3) is 4.87. The van der Waals surface area contributed by atoms with Crippen LogP contribution < -0.4 is 5.32 Å². The van der Waals surface area contributed by atoms with Gasteiger partial charge in [0.15, 0.2) is 0 Å². The van der Waals surface area contributed by atoms with E-state index in [9.17, 15) is 20.0 Å². The van der Waals surface area contributed by atoms with Gasteiger partial charge in [0.1, 0.15) is 11.2 Å². The van der Waals surface area contributed by atoms with Crippen molar-refractivity contribution in [1.82, 2.24) is 5.32 Å². The number of rotatable bonds is 3. The number of carbonyl (C=O) groups is 1. The Balaban J connectivity index is 2.43. The van der Waals surface area contributed by atoms with E-state index < -0.39 is 28.8 Å². The minimum Gasteiger partial charge on any atom is -0.444 e. The average molecular weight is 260 g/mol. The van der Waals surface area contributed by atoms with Crippen molar-refractivity contribution in [3.05, 3.63) is 10.1 Å². The highest BCUT2D eigenvalue weighted by Crippen LogP contribution is 2.30. The molecule has 0 aliphatic heterocycles. The quantitative estimate of drug-likeness (QED) is 0.583. The van der Waals surface area contributed by atoms with Crippen LogP contribution in [0.2, 0.25) is 0 Å². The van der Waals surface area contributed by atoms with Crippen molar-refractivity contribution in [1.29, 1.82) is 0 Å². The molecular weight excluding hydrogens is 240 g/mol. The van der Waals surface area contributed by atoms with Gasteiger partial charge >= 0.3 is 6.09 Å². The monoisotopic (exact) mass is 260 g/mol. The molecule has 0 aromatic rings. The van der Waals surface area contributed by atoms with Gasteiger partial charge in [-0.3, -0.25) is 10.1 Å². The minimum absolute atomic E-state index is 0.188. The van der Waals surface area contributed by atoms with Gasteiger partial charge in [-0.1, -0.05) is 0 Å². The minimum atomic E-state index is -1.32. The second kappa shape index (κ2) is 5.09. The number of hydrogen-bond donors (Lipinski definition) is 2. The third-order valence-corrected chi connectivity index (χ3v) is 2.73. The lowest BCUT2D eigenvalue weighted by molar-refractivity contribution is -0.500. The maximum atomic E-state index is 11.5. The molecule has 1 fully saturated rings. The number of nitrogens with one attached hydrogen (secondary N) is 1. The Labute approximate surface area is 106 Å². The molecule has 1 amide bonds. The molecule has 0 aromatic carbocycles. The highest BCUT2D eigenvalue weighted by Gasteiger charge is 2.42. The molecule has 2 N–H and O–H groups in total. The predicted octanol–water partition coefficient (Wildman–Crippen LogP) is 1.07. The zero-order chi connectivity index (χ0) is 14.0. The average Bonchev–Trinajstić information content (AvgIpc) is 2.41. The van der Waals surface area contributed by atoms with Gasteiger partial charge in [-0.05, 0) is 33.6 Å². The number of ether oxygens (including phenoxy) is 1. The van der Waals surface area contributed by atoms with E-state index in [1.54, 1.807) is 20.8 Å². The van der Waals surface area contributed by atoms with Crippen molar-refractivity contribution in [3.8, 4) is 0 Å². The Morgan fingerprint density at radius 3 is 2.72 bits per heavy atom. The van der Waals surface area contributed by atoms with Crippen LogP contribution in [-0.4, -0.2) is 39.9 Å². The van der Waals surface area contributed by atoms with Crippen molar-refractivity contribution in [2.24, 2.45) is 0 Å². The van der Waals surface area contributed by atoms with E-state index in [-0.39, 0.29) is 12.5 Å². The lowest BCUT2D eigenvalue weighted by atomic mass is 10.0.